The zero-order chi connectivity index (χ0) is 15.6. The molecule has 0 aliphatic carbocycles. The number of thioether (sulfide) groups is 1. The van der Waals surface area contributed by atoms with Crippen molar-refractivity contribution in [2.24, 2.45) is 0 Å². The van der Waals surface area contributed by atoms with E-state index in [9.17, 15) is 9.59 Å². The maximum absolute atomic E-state index is 12.3. The number of aromatic carboxylic acids is 1. The van der Waals surface area contributed by atoms with E-state index in [4.69, 9.17) is 16.7 Å². The molecule has 0 aromatic heterocycles. The van der Waals surface area contributed by atoms with Gasteiger partial charge in [-0.25, -0.2) is 9.59 Å². The van der Waals surface area contributed by atoms with Gasteiger partial charge in [0.25, 0.3) is 0 Å². The normalized spacial score (nSPS) is 22.0. The minimum atomic E-state index is -1.08. The summed E-state index contributed by atoms with van der Waals surface area (Å²) in [5.74, 6) is -1.08. The molecular weight excluding hydrogens is 312 g/mol. The second kappa shape index (κ2) is 6.58. The lowest BCUT2D eigenvalue weighted by molar-refractivity contribution is 0.0697. The quantitative estimate of drug-likeness (QED) is 0.873. The van der Waals surface area contributed by atoms with Crippen molar-refractivity contribution < 1.29 is 14.7 Å². The van der Waals surface area contributed by atoms with Crippen LogP contribution >= 0.6 is 23.4 Å². The molecule has 0 spiro atoms. The molecule has 1 aromatic rings. The average Bonchev–Trinajstić information content (AvgIpc) is 2.36. The molecule has 2 N–H and O–H groups in total. The van der Waals surface area contributed by atoms with Gasteiger partial charge in [0.05, 0.1) is 5.56 Å². The molecule has 1 fully saturated rings. The summed E-state index contributed by atoms with van der Waals surface area (Å²) in [6.07, 6.45) is 0. The molecule has 1 heterocycles. The van der Waals surface area contributed by atoms with Gasteiger partial charge in [-0.2, -0.15) is 11.8 Å². The molecule has 2 amide bonds. The lowest BCUT2D eigenvalue weighted by atomic mass is 10.2. The number of carboxylic acids is 1. The third kappa shape index (κ3) is 4.28. The van der Waals surface area contributed by atoms with Gasteiger partial charge < -0.3 is 15.3 Å². The lowest BCUT2D eigenvalue weighted by Crippen LogP contribution is -2.46. The third-order valence-electron chi connectivity index (χ3n) is 3.10. The number of carboxylic acid groups (broad SMARTS) is 1. The monoisotopic (exact) mass is 328 g/mol. The number of amides is 2. The summed E-state index contributed by atoms with van der Waals surface area (Å²) in [6.45, 7) is 5.52. The van der Waals surface area contributed by atoms with Crippen molar-refractivity contribution in [2.45, 2.75) is 24.3 Å². The highest BCUT2D eigenvalue weighted by atomic mass is 35.5. The number of rotatable bonds is 2. The van der Waals surface area contributed by atoms with Gasteiger partial charge in [-0.05, 0) is 18.2 Å². The van der Waals surface area contributed by atoms with Crippen molar-refractivity contribution in [2.75, 3.05) is 18.4 Å². The van der Waals surface area contributed by atoms with Crippen molar-refractivity contribution >= 4 is 41.1 Å². The van der Waals surface area contributed by atoms with E-state index < -0.39 is 5.97 Å². The largest absolute Gasteiger partial charge is 0.478 e. The molecule has 2 atom stereocenters. The number of carbonyl (C=O) groups is 2. The zero-order valence-electron chi connectivity index (χ0n) is 11.8. The van der Waals surface area contributed by atoms with Gasteiger partial charge in [-0.15, -0.1) is 0 Å². The first-order chi connectivity index (χ1) is 9.85. The molecule has 7 heteroatoms. The Morgan fingerprint density at radius 3 is 2.48 bits per heavy atom. The minimum Gasteiger partial charge on any atom is -0.478 e. The van der Waals surface area contributed by atoms with Crippen LogP contribution < -0.4 is 5.32 Å². The van der Waals surface area contributed by atoms with Crippen LogP contribution in [0.5, 0.6) is 0 Å². The molecule has 1 saturated heterocycles. The summed E-state index contributed by atoms with van der Waals surface area (Å²) in [4.78, 5) is 25.0. The molecule has 5 nitrogen and oxygen atoms in total. The van der Waals surface area contributed by atoms with Gasteiger partial charge in [0.1, 0.15) is 0 Å². The summed E-state index contributed by atoms with van der Waals surface area (Å²) < 4.78 is 0. The van der Waals surface area contributed by atoms with Crippen molar-refractivity contribution in [1.29, 1.82) is 0 Å². The summed E-state index contributed by atoms with van der Waals surface area (Å²) in [6, 6.07) is 4.06. The number of benzene rings is 1. The highest BCUT2D eigenvalue weighted by Crippen LogP contribution is 2.25. The van der Waals surface area contributed by atoms with Crippen LogP contribution in [0.1, 0.15) is 24.2 Å². The molecule has 1 aromatic carbocycles. The van der Waals surface area contributed by atoms with Crippen molar-refractivity contribution in [3.05, 3.63) is 28.8 Å². The summed E-state index contributed by atoms with van der Waals surface area (Å²) in [5, 5.41) is 12.8. The minimum absolute atomic E-state index is 0.0498. The van der Waals surface area contributed by atoms with Crippen LogP contribution in [-0.2, 0) is 0 Å². The van der Waals surface area contributed by atoms with E-state index in [1.807, 2.05) is 11.8 Å². The fraction of sp³-hybridized carbons (Fsp3) is 0.429. The first-order valence-corrected chi connectivity index (χ1v) is 7.92. The fourth-order valence-corrected chi connectivity index (χ4v) is 3.89. The van der Waals surface area contributed by atoms with Gasteiger partial charge in [0, 0.05) is 34.3 Å². The number of nitrogens with zero attached hydrogens (tertiary/aromatic N) is 1. The topological polar surface area (TPSA) is 69.6 Å². The maximum atomic E-state index is 12.3. The molecule has 21 heavy (non-hydrogen) atoms. The van der Waals surface area contributed by atoms with Crippen LogP contribution in [0.4, 0.5) is 10.5 Å². The molecule has 114 valence electrons. The Balaban J connectivity index is 2.10. The Morgan fingerprint density at radius 2 is 1.90 bits per heavy atom. The van der Waals surface area contributed by atoms with E-state index in [0.717, 1.165) is 0 Å². The average molecular weight is 329 g/mol. The van der Waals surface area contributed by atoms with E-state index in [0.29, 0.717) is 29.3 Å². The van der Waals surface area contributed by atoms with Gasteiger partial charge in [-0.3, -0.25) is 0 Å². The predicted molar refractivity (Wildman–Crippen MR) is 85.5 cm³/mol. The van der Waals surface area contributed by atoms with Gasteiger partial charge >= 0.3 is 12.0 Å². The molecular formula is C14H17ClN2O3S. The Bertz CT molecular complexity index is 557. The summed E-state index contributed by atoms with van der Waals surface area (Å²) >= 11 is 7.74. The fourth-order valence-electron chi connectivity index (χ4n) is 2.33. The molecule has 1 aliphatic heterocycles. The molecule has 1 aliphatic rings. The Hall–Kier alpha value is -1.40. The zero-order valence-corrected chi connectivity index (χ0v) is 13.4. The molecule has 0 radical (unpaired) electrons. The van der Waals surface area contributed by atoms with Crippen LogP contribution in [-0.4, -0.2) is 45.6 Å². The number of hydrogen-bond acceptors (Lipinski definition) is 3. The molecule has 2 rings (SSSR count). The Kier molecular flexibility index (Phi) is 5.00. The van der Waals surface area contributed by atoms with Crippen LogP contribution in [0.2, 0.25) is 5.02 Å². The highest BCUT2D eigenvalue weighted by Gasteiger charge is 2.26. The number of anilines is 1. The van der Waals surface area contributed by atoms with Gasteiger partial charge in [0.2, 0.25) is 0 Å². The number of nitrogens with one attached hydrogen (secondary N) is 1. The summed E-state index contributed by atoms with van der Waals surface area (Å²) in [7, 11) is 0. The second-order valence-corrected chi connectivity index (χ2v) is 7.44. The van der Waals surface area contributed by atoms with Crippen molar-refractivity contribution in [1.82, 2.24) is 4.90 Å². The number of hydrogen-bond donors (Lipinski definition) is 2. The highest BCUT2D eigenvalue weighted by molar-refractivity contribution is 8.00. The Morgan fingerprint density at radius 1 is 1.29 bits per heavy atom. The SMILES string of the molecule is CC1CN(C(=O)Nc2cc(Cl)cc(C(=O)O)c2)CC(C)S1. The first-order valence-electron chi connectivity index (χ1n) is 6.60. The predicted octanol–water partition coefficient (Wildman–Crippen LogP) is 3.40. The molecule has 0 saturated carbocycles. The smallest absolute Gasteiger partial charge is 0.335 e. The lowest BCUT2D eigenvalue weighted by Gasteiger charge is -2.34. The van der Waals surface area contributed by atoms with Crippen LogP contribution in [0.3, 0.4) is 0 Å². The van der Waals surface area contributed by atoms with Crippen LogP contribution in [0.15, 0.2) is 18.2 Å². The van der Waals surface area contributed by atoms with E-state index in [2.05, 4.69) is 19.2 Å². The first kappa shape index (κ1) is 16.0. The molecule has 2 unspecified atom stereocenters. The standard InChI is InChI=1S/C14H17ClN2O3S/c1-8-6-17(7-9(2)21-8)14(20)16-12-4-10(13(18)19)3-11(15)5-12/h3-5,8-9H,6-7H2,1-2H3,(H,16,20)(H,18,19). The van der Waals surface area contributed by atoms with Crippen LogP contribution in [0, 0.1) is 0 Å². The number of halogens is 1. The molecule has 0 bridgehead atoms. The van der Waals surface area contributed by atoms with Gasteiger partial charge in [0.15, 0.2) is 0 Å². The van der Waals surface area contributed by atoms with E-state index in [-0.39, 0.29) is 16.6 Å². The second-order valence-electron chi connectivity index (χ2n) is 5.13. The summed E-state index contributed by atoms with van der Waals surface area (Å²) in [5.41, 5.74) is 0.442. The van der Waals surface area contributed by atoms with E-state index >= 15 is 0 Å². The maximum Gasteiger partial charge on any atom is 0.335 e. The Labute approximate surface area is 132 Å². The van der Waals surface area contributed by atoms with E-state index in [1.165, 1.54) is 18.2 Å². The van der Waals surface area contributed by atoms with E-state index in [1.54, 1.807) is 4.90 Å². The van der Waals surface area contributed by atoms with Crippen molar-refractivity contribution in [3.8, 4) is 0 Å². The third-order valence-corrected chi connectivity index (χ3v) is 4.55. The number of urea groups is 1. The van der Waals surface area contributed by atoms with Crippen molar-refractivity contribution in [3.63, 3.8) is 0 Å². The van der Waals surface area contributed by atoms with Gasteiger partial charge in [-0.1, -0.05) is 25.4 Å². The van der Waals surface area contributed by atoms with Crippen LogP contribution in [0.25, 0.3) is 0 Å². The number of carbonyl (C=O) groups excluding carboxylic acids is 1.